The lowest BCUT2D eigenvalue weighted by Crippen LogP contribution is -2.07. The van der Waals surface area contributed by atoms with Crippen molar-refractivity contribution in [3.63, 3.8) is 0 Å². The van der Waals surface area contributed by atoms with Crippen molar-refractivity contribution in [3.8, 4) is 0 Å². The summed E-state index contributed by atoms with van der Waals surface area (Å²) in [6.07, 6.45) is -0.103. The molecule has 1 heterocycles. The molecule has 0 atom stereocenters. The van der Waals surface area contributed by atoms with Crippen molar-refractivity contribution in [2.45, 2.75) is 27.2 Å². The number of Topliss-reactive ketones (excluding diaryl/α,β-unsaturated/α-hetero) is 1. The van der Waals surface area contributed by atoms with Crippen LogP contribution in [0, 0.1) is 6.92 Å². The molecule has 0 aliphatic rings. The van der Waals surface area contributed by atoms with Gasteiger partial charge in [-0.25, -0.2) is 0 Å². The summed E-state index contributed by atoms with van der Waals surface area (Å²) in [5.74, 6) is 7.40. The summed E-state index contributed by atoms with van der Waals surface area (Å²) >= 11 is 0. The van der Waals surface area contributed by atoms with Gasteiger partial charge in [-0.1, -0.05) is 0 Å². The highest BCUT2D eigenvalue weighted by Crippen LogP contribution is 1.86. The van der Waals surface area contributed by atoms with Gasteiger partial charge in [0, 0.05) is 11.8 Å². The Hall–Kier alpha value is -1.97. The van der Waals surface area contributed by atoms with Crippen molar-refractivity contribution in [2.75, 3.05) is 6.61 Å². The molecule has 0 fully saturated rings. The zero-order valence-electron chi connectivity index (χ0n) is 11.3. The van der Waals surface area contributed by atoms with Gasteiger partial charge >= 0.3 is 5.97 Å². The summed E-state index contributed by atoms with van der Waals surface area (Å²) in [7, 11) is 0. The minimum Gasteiger partial charge on any atom is -0.466 e. The molecule has 0 saturated carbocycles. The van der Waals surface area contributed by atoms with Crippen molar-refractivity contribution < 1.29 is 19.8 Å². The van der Waals surface area contributed by atoms with E-state index in [2.05, 4.69) is 26.6 Å². The van der Waals surface area contributed by atoms with Gasteiger partial charge in [-0.15, -0.1) is 0 Å². The molecule has 0 aliphatic heterocycles. The zero-order chi connectivity index (χ0) is 14.6. The fourth-order valence-electron chi connectivity index (χ4n) is 0.844. The number of hydrazine groups is 1. The number of aryl methyl sites for hydroxylation is 1. The highest BCUT2D eigenvalue weighted by atomic mass is 16.5. The summed E-state index contributed by atoms with van der Waals surface area (Å²) in [5.41, 5.74) is 0.794. The maximum absolute atomic E-state index is 10.4. The number of ether oxygens (including phenoxy) is 1. The second-order valence-electron chi connectivity index (χ2n) is 3.13. The van der Waals surface area contributed by atoms with Crippen molar-refractivity contribution in [1.82, 2.24) is 10.2 Å². The van der Waals surface area contributed by atoms with Crippen molar-refractivity contribution in [1.29, 1.82) is 0 Å². The molecule has 9 heteroatoms. The van der Waals surface area contributed by atoms with Gasteiger partial charge in [0.2, 0.25) is 0 Å². The topological polar surface area (TPSA) is 176 Å². The van der Waals surface area contributed by atoms with Crippen LogP contribution < -0.4 is 17.2 Å². The van der Waals surface area contributed by atoms with Crippen LogP contribution in [0.25, 0.3) is 0 Å². The summed E-state index contributed by atoms with van der Waals surface area (Å²) in [4.78, 5) is 30.8. The minimum atomic E-state index is -0.440. The number of H-pyrrole nitrogens is 2. The molecule has 1 rings (SSSR count). The van der Waals surface area contributed by atoms with E-state index < -0.39 is 5.97 Å². The van der Waals surface area contributed by atoms with E-state index in [4.69, 9.17) is 0 Å². The molecule has 0 aliphatic carbocycles. The molecule has 9 nitrogen and oxygen atoms in total. The number of aromatic nitrogens is 2. The van der Waals surface area contributed by atoms with Crippen LogP contribution >= 0.6 is 0 Å². The predicted molar refractivity (Wildman–Crippen MR) is 70.1 cm³/mol. The Morgan fingerprint density at radius 2 is 1.84 bits per heavy atom. The number of carbonyl (C=O) groups excluding carboxylic acids is 2. The number of nitrogens with two attached hydrogens (primary N) is 2. The second-order valence-corrected chi connectivity index (χ2v) is 3.13. The maximum atomic E-state index is 10.4. The predicted octanol–water partition coefficient (Wildman–Crippen LogP) is -1.47. The third-order valence-corrected chi connectivity index (χ3v) is 1.43. The number of esters is 1. The Morgan fingerprint density at radius 1 is 1.32 bits per heavy atom. The normalized spacial score (nSPS) is 7.84. The molecule has 0 radical (unpaired) electrons. The van der Waals surface area contributed by atoms with E-state index in [1.54, 1.807) is 6.92 Å². The Balaban J connectivity index is -0.000000231. The van der Waals surface area contributed by atoms with Crippen molar-refractivity contribution in [3.05, 3.63) is 22.1 Å². The summed E-state index contributed by atoms with van der Waals surface area (Å²) in [5, 5.41) is 5.02. The molecule has 0 aromatic carbocycles. The SMILES string of the molecule is CCOC(=O)CC(C)=O.Cc1cc(=O)[nH][nH]1.NN.O. The van der Waals surface area contributed by atoms with E-state index >= 15 is 0 Å². The number of rotatable bonds is 3. The van der Waals surface area contributed by atoms with E-state index in [0.29, 0.717) is 6.61 Å². The molecule has 0 saturated heterocycles. The molecule has 19 heavy (non-hydrogen) atoms. The van der Waals surface area contributed by atoms with Crippen LogP contribution in [0.4, 0.5) is 0 Å². The monoisotopic (exact) mass is 278 g/mol. The molecule has 0 unspecified atom stereocenters. The molecule has 1 aromatic heterocycles. The Kier molecular flexibility index (Phi) is 16.5. The lowest BCUT2D eigenvalue weighted by Gasteiger charge is -1.96. The van der Waals surface area contributed by atoms with E-state index in [1.807, 2.05) is 6.92 Å². The number of aromatic amines is 2. The fourth-order valence-corrected chi connectivity index (χ4v) is 0.844. The Bertz CT molecular complexity index is 399. The Labute approximate surface area is 110 Å². The van der Waals surface area contributed by atoms with Gasteiger partial charge in [0.25, 0.3) is 5.56 Å². The summed E-state index contributed by atoms with van der Waals surface area (Å²) in [6.45, 7) is 5.22. The first kappa shape index (κ1) is 22.2. The number of hydrogen-bond donors (Lipinski definition) is 4. The largest absolute Gasteiger partial charge is 0.466 e. The van der Waals surface area contributed by atoms with Crippen molar-refractivity contribution in [2.24, 2.45) is 11.7 Å². The van der Waals surface area contributed by atoms with Crippen LogP contribution in [-0.2, 0) is 14.3 Å². The van der Waals surface area contributed by atoms with Crippen molar-refractivity contribution >= 4 is 11.8 Å². The minimum absolute atomic E-state index is 0. The van der Waals surface area contributed by atoms with Gasteiger partial charge in [0.15, 0.2) is 0 Å². The van der Waals surface area contributed by atoms with Gasteiger partial charge < -0.3 is 15.3 Å². The smallest absolute Gasteiger partial charge is 0.313 e. The van der Waals surface area contributed by atoms with Crippen LogP contribution in [-0.4, -0.2) is 34.0 Å². The van der Waals surface area contributed by atoms with Gasteiger partial charge in [-0.05, 0) is 20.8 Å². The molecule has 1 aromatic rings. The lowest BCUT2D eigenvalue weighted by atomic mass is 10.3. The van der Waals surface area contributed by atoms with Gasteiger partial charge in [0.1, 0.15) is 12.2 Å². The standard InChI is InChI=1S/C6H10O3.C4H6N2O.H4N2.H2O/c1-3-9-6(8)4-5(2)7;1-3-2-4(7)6-5-3;1-2;/h3-4H2,1-2H3;2H,1H3,(H2,5,6,7);1-2H2;1H2. The molecule has 0 bridgehead atoms. The Morgan fingerprint density at radius 3 is 2.05 bits per heavy atom. The summed E-state index contributed by atoms with van der Waals surface area (Å²) in [6, 6.07) is 1.50. The molecule has 0 amide bonds. The van der Waals surface area contributed by atoms with E-state index in [9.17, 15) is 14.4 Å². The van der Waals surface area contributed by atoms with Crippen LogP contribution in [0.3, 0.4) is 0 Å². The molecule has 112 valence electrons. The van der Waals surface area contributed by atoms with E-state index in [0.717, 1.165) is 5.69 Å². The zero-order valence-corrected chi connectivity index (χ0v) is 11.3. The van der Waals surface area contributed by atoms with E-state index in [-0.39, 0.29) is 23.2 Å². The maximum Gasteiger partial charge on any atom is 0.313 e. The van der Waals surface area contributed by atoms with Crippen LogP contribution in [0.5, 0.6) is 0 Å². The number of hydrogen-bond acceptors (Lipinski definition) is 6. The number of nitrogens with one attached hydrogen (secondary N) is 2. The first-order valence-electron chi connectivity index (χ1n) is 5.18. The summed E-state index contributed by atoms with van der Waals surface area (Å²) < 4.78 is 4.49. The highest BCUT2D eigenvalue weighted by Gasteiger charge is 2.03. The molecular formula is C10H22N4O5. The van der Waals surface area contributed by atoms with Gasteiger partial charge in [0.05, 0.1) is 6.61 Å². The lowest BCUT2D eigenvalue weighted by molar-refractivity contribution is -0.145. The molecular weight excluding hydrogens is 256 g/mol. The second kappa shape index (κ2) is 14.1. The van der Waals surface area contributed by atoms with Crippen LogP contribution in [0.1, 0.15) is 26.0 Å². The number of ketones is 1. The van der Waals surface area contributed by atoms with Crippen LogP contribution in [0.2, 0.25) is 0 Å². The molecule has 0 spiro atoms. The quantitative estimate of drug-likeness (QED) is 0.227. The molecule has 8 N–H and O–H groups in total. The first-order valence-corrected chi connectivity index (χ1v) is 5.18. The fraction of sp³-hybridized carbons (Fsp3) is 0.500. The highest BCUT2D eigenvalue weighted by molar-refractivity contribution is 5.94. The van der Waals surface area contributed by atoms with Gasteiger partial charge in [-0.3, -0.25) is 31.2 Å². The van der Waals surface area contributed by atoms with Gasteiger partial charge in [-0.2, -0.15) is 0 Å². The van der Waals surface area contributed by atoms with E-state index in [1.165, 1.54) is 13.0 Å². The third kappa shape index (κ3) is 16.0. The first-order chi connectivity index (χ1) is 8.45. The average molecular weight is 278 g/mol. The average Bonchev–Trinajstić information content (AvgIpc) is 2.65. The number of carbonyl (C=O) groups is 2. The third-order valence-electron chi connectivity index (χ3n) is 1.43. The van der Waals surface area contributed by atoms with Crippen LogP contribution in [0.15, 0.2) is 10.9 Å².